The molecule has 1 saturated heterocycles. The molecule has 4 heteroatoms. The highest BCUT2D eigenvalue weighted by Crippen LogP contribution is 2.27. The first-order valence-electron chi connectivity index (χ1n) is 7.40. The zero-order valence-electron chi connectivity index (χ0n) is 13.5. The van der Waals surface area contributed by atoms with Crippen molar-refractivity contribution in [3.8, 4) is 0 Å². The van der Waals surface area contributed by atoms with Crippen molar-refractivity contribution in [2.45, 2.75) is 51.2 Å². The highest BCUT2D eigenvalue weighted by molar-refractivity contribution is 5.68. The van der Waals surface area contributed by atoms with Gasteiger partial charge >= 0.3 is 6.09 Å². The summed E-state index contributed by atoms with van der Waals surface area (Å²) in [7, 11) is 0. The van der Waals surface area contributed by atoms with Crippen LogP contribution < -0.4 is 5.73 Å². The van der Waals surface area contributed by atoms with Crippen molar-refractivity contribution < 1.29 is 9.53 Å². The van der Waals surface area contributed by atoms with E-state index < -0.39 is 5.60 Å². The van der Waals surface area contributed by atoms with Gasteiger partial charge in [0.2, 0.25) is 0 Å². The van der Waals surface area contributed by atoms with Gasteiger partial charge in [0, 0.05) is 18.6 Å². The van der Waals surface area contributed by atoms with Crippen LogP contribution in [0.15, 0.2) is 37.0 Å². The van der Waals surface area contributed by atoms with E-state index in [9.17, 15) is 4.79 Å². The second-order valence-corrected chi connectivity index (χ2v) is 6.69. The van der Waals surface area contributed by atoms with Gasteiger partial charge in [0.05, 0.1) is 0 Å². The lowest BCUT2D eigenvalue weighted by atomic mass is 9.82. The first kappa shape index (κ1) is 17.5. The van der Waals surface area contributed by atoms with Crippen molar-refractivity contribution >= 4 is 6.09 Å². The van der Waals surface area contributed by atoms with Crippen LogP contribution in [0.25, 0.3) is 0 Å². The number of carbonyl (C=O) groups excluding carboxylic acids is 1. The van der Waals surface area contributed by atoms with Crippen LogP contribution in [0.3, 0.4) is 0 Å². The van der Waals surface area contributed by atoms with E-state index in [0.29, 0.717) is 13.1 Å². The van der Waals surface area contributed by atoms with E-state index in [1.807, 2.05) is 32.9 Å². The van der Waals surface area contributed by atoms with Crippen LogP contribution in [0.2, 0.25) is 0 Å². The summed E-state index contributed by atoms with van der Waals surface area (Å²) in [6.07, 6.45) is 7.51. The van der Waals surface area contributed by atoms with Gasteiger partial charge < -0.3 is 15.4 Å². The van der Waals surface area contributed by atoms with E-state index in [0.717, 1.165) is 24.8 Å². The molecule has 0 spiro atoms. The number of allylic oxidation sites excluding steroid dienone is 3. The summed E-state index contributed by atoms with van der Waals surface area (Å²) in [5.74, 6) is 0. The van der Waals surface area contributed by atoms with Gasteiger partial charge in [-0.25, -0.2) is 4.79 Å². The fraction of sp³-hybridized carbons (Fsp3) is 0.588. The number of hydrogen-bond acceptors (Lipinski definition) is 3. The maximum atomic E-state index is 12.0. The summed E-state index contributed by atoms with van der Waals surface area (Å²) in [5.41, 5.74) is 6.78. The van der Waals surface area contributed by atoms with Crippen LogP contribution in [-0.2, 0) is 4.74 Å². The SMILES string of the molecule is C=C/C=C(\C=C)CC1(N)CCN(C(=O)OC(C)(C)C)CC1. The minimum atomic E-state index is -0.461. The maximum Gasteiger partial charge on any atom is 0.410 e. The molecule has 1 aliphatic rings. The van der Waals surface area contributed by atoms with Gasteiger partial charge in [0.25, 0.3) is 0 Å². The molecule has 1 aliphatic heterocycles. The molecule has 1 amide bonds. The fourth-order valence-corrected chi connectivity index (χ4v) is 2.39. The van der Waals surface area contributed by atoms with Gasteiger partial charge in [0.1, 0.15) is 5.60 Å². The molecule has 0 aromatic carbocycles. The molecule has 0 bridgehead atoms. The van der Waals surface area contributed by atoms with Crippen molar-refractivity contribution in [3.63, 3.8) is 0 Å². The molecule has 0 unspecified atom stereocenters. The molecule has 118 valence electrons. The van der Waals surface area contributed by atoms with E-state index in [4.69, 9.17) is 10.5 Å². The van der Waals surface area contributed by atoms with Gasteiger partial charge in [-0.2, -0.15) is 0 Å². The van der Waals surface area contributed by atoms with Crippen LogP contribution in [0.4, 0.5) is 4.79 Å². The third-order valence-electron chi connectivity index (χ3n) is 3.56. The minimum Gasteiger partial charge on any atom is -0.444 e. The zero-order valence-corrected chi connectivity index (χ0v) is 13.5. The Morgan fingerprint density at radius 3 is 2.33 bits per heavy atom. The molecule has 4 nitrogen and oxygen atoms in total. The molecule has 0 aliphatic carbocycles. The normalized spacial score (nSPS) is 19.0. The summed E-state index contributed by atoms with van der Waals surface area (Å²) >= 11 is 0. The Kier molecular flexibility index (Phi) is 5.78. The van der Waals surface area contributed by atoms with Gasteiger partial charge in [-0.1, -0.05) is 31.4 Å². The molecule has 0 saturated carbocycles. The molecule has 0 radical (unpaired) electrons. The van der Waals surface area contributed by atoms with Crippen molar-refractivity contribution in [1.82, 2.24) is 4.90 Å². The van der Waals surface area contributed by atoms with E-state index in [1.165, 1.54) is 0 Å². The smallest absolute Gasteiger partial charge is 0.410 e. The Morgan fingerprint density at radius 2 is 1.90 bits per heavy atom. The highest BCUT2D eigenvalue weighted by Gasteiger charge is 2.34. The molecule has 1 rings (SSSR count). The first-order chi connectivity index (χ1) is 9.69. The summed E-state index contributed by atoms with van der Waals surface area (Å²) < 4.78 is 5.39. The lowest BCUT2D eigenvalue weighted by Gasteiger charge is -2.39. The average Bonchev–Trinajstić information content (AvgIpc) is 2.36. The predicted octanol–water partition coefficient (Wildman–Crippen LogP) is 3.40. The van der Waals surface area contributed by atoms with Crippen molar-refractivity contribution in [2.24, 2.45) is 5.73 Å². The molecule has 1 fully saturated rings. The molecular formula is C17H28N2O2. The van der Waals surface area contributed by atoms with Gasteiger partial charge in [-0.3, -0.25) is 0 Å². The Hall–Kier alpha value is -1.55. The maximum absolute atomic E-state index is 12.0. The standard InChI is InChI=1S/C17H28N2O2/c1-6-8-14(7-2)13-17(18)9-11-19(12-10-17)15(20)21-16(3,4)5/h6-8H,1-2,9-13,18H2,3-5H3/b14-8+. The van der Waals surface area contributed by atoms with E-state index >= 15 is 0 Å². The largest absolute Gasteiger partial charge is 0.444 e. The lowest BCUT2D eigenvalue weighted by Crippen LogP contribution is -2.52. The Labute approximate surface area is 128 Å². The molecule has 0 aromatic rings. The third kappa shape index (κ3) is 5.76. The van der Waals surface area contributed by atoms with Gasteiger partial charge in [-0.15, -0.1) is 0 Å². The molecule has 2 N–H and O–H groups in total. The molecule has 0 atom stereocenters. The number of ether oxygens (including phenoxy) is 1. The molecule has 21 heavy (non-hydrogen) atoms. The fourth-order valence-electron chi connectivity index (χ4n) is 2.39. The number of hydrogen-bond donors (Lipinski definition) is 1. The van der Waals surface area contributed by atoms with Crippen LogP contribution >= 0.6 is 0 Å². The number of rotatable bonds is 4. The quantitative estimate of drug-likeness (QED) is 0.808. The van der Waals surface area contributed by atoms with E-state index in [1.54, 1.807) is 11.0 Å². The second-order valence-electron chi connectivity index (χ2n) is 6.69. The minimum absolute atomic E-state index is 0.255. The average molecular weight is 292 g/mol. The van der Waals surface area contributed by atoms with E-state index in [2.05, 4.69) is 13.2 Å². The number of carbonyl (C=O) groups is 1. The Bertz CT molecular complexity index is 425. The summed E-state index contributed by atoms with van der Waals surface area (Å²) in [5, 5.41) is 0. The summed E-state index contributed by atoms with van der Waals surface area (Å²) in [4.78, 5) is 13.8. The molecular weight excluding hydrogens is 264 g/mol. The number of nitrogens with zero attached hydrogens (tertiary/aromatic N) is 1. The van der Waals surface area contributed by atoms with E-state index in [-0.39, 0.29) is 11.6 Å². The summed E-state index contributed by atoms with van der Waals surface area (Å²) in [6, 6.07) is 0. The summed E-state index contributed by atoms with van der Waals surface area (Å²) in [6.45, 7) is 14.4. The van der Waals surface area contributed by atoms with Gasteiger partial charge in [-0.05, 0) is 45.6 Å². The molecule has 0 aromatic heterocycles. The Balaban J connectivity index is 2.58. The highest BCUT2D eigenvalue weighted by atomic mass is 16.6. The Morgan fingerprint density at radius 1 is 1.33 bits per heavy atom. The van der Waals surface area contributed by atoms with Crippen LogP contribution in [0.1, 0.15) is 40.0 Å². The topological polar surface area (TPSA) is 55.6 Å². The number of piperidine rings is 1. The number of likely N-dealkylation sites (tertiary alicyclic amines) is 1. The van der Waals surface area contributed by atoms with Crippen molar-refractivity contribution in [3.05, 3.63) is 37.0 Å². The third-order valence-corrected chi connectivity index (χ3v) is 3.56. The van der Waals surface area contributed by atoms with Gasteiger partial charge in [0.15, 0.2) is 0 Å². The first-order valence-corrected chi connectivity index (χ1v) is 7.40. The van der Waals surface area contributed by atoms with Crippen LogP contribution in [0, 0.1) is 0 Å². The number of amides is 1. The lowest BCUT2D eigenvalue weighted by molar-refractivity contribution is 0.0169. The van der Waals surface area contributed by atoms with Crippen molar-refractivity contribution in [1.29, 1.82) is 0 Å². The van der Waals surface area contributed by atoms with Crippen LogP contribution in [0.5, 0.6) is 0 Å². The monoisotopic (exact) mass is 292 g/mol. The van der Waals surface area contributed by atoms with Crippen LogP contribution in [-0.4, -0.2) is 35.2 Å². The number of nitrogens with two attached hydrogens (primary N) is 1. The molecule has 1 heterocycles. The van der Waals surface area contributed by atoms with Crippen molar-refractivity contribution in [2.75, 3.05) is 13.1 Å². The second kappa shape index (κ2) is 6.94. The predicted molar refractivity (Wildman–Crippen MR) is 87.1 cm³/mol. The zero-order chi connectivity index (χ0) is 16.1.